The van der Waals surface area contributed by atoms with Crippen LogP contribution in [0.1, 0.15) is 13.8 Å². The number of hydrogen-bond acceptors (Lipinski definition) is 1. The summed E-state index contributed by atoms with van der Waals surface area (Å²) in [5.41, 5.74) is 0. The zero-order valence-corrected chi connectivity index (χ0v) is 3.02. The van der Waals surface area contributed by atoms with Gasteiger partial charge in [-0.15, -0.1) is 0 Å². The standard InChI is InChI=1S/C3H8O.3Na.3H/c1-3(2)4;;;;;;/h3-4H,1-2H3;;;;;;. The van der Waals surface area contributed by atoms with Crippen molar-refractivity contribution in [1.82, 2.24) is 0 Å². The van der Waals surface area contributed by atoms with Gasteiger partial charge in [-0.25, -0.2) is 0 Å². The van der Waals surface area contributed by atoms with Crippen molar-refractivity contribution < 1.29 is 5.11 Å². The van der Waals surface area contributed by atoms with Crippen molar-refractivity contribution in [2.45, 2.75) is 20.0 Å². The quantitative estimate of drug-likeness (QED) is 0.395. The molecule has 32 valence electrons. The molecule has 0 unspecified atom stereocenters. The van der Waals surface area contributed by atoms with Crippen molar-refractivity contribution in [3.05, 3.63) is 0 Å². The van der Waals surface area contributed by atoms with E-state index in [0.717, 1.165) is 0 Å². The first-order chi connectivity index (χ1) is 1.73. The molecule has 4 heteroatoms. The van der Waals surface area contributed by atoms with Gasteiger partial charge in [0.25, 0.3) is 0 Å². The van der Waals surface area contributed by atoms with E-state index in [1.54, 1.807) is 13.8 Å². The van der Waals surface area contributed by atoms with E-state index in [4.69, 9.17) is 5.11 Å². The van der Waals surface area contributed by atoms with Crippen LogP contribution in [-0.4, -0.2) is 99.9 Å². The van der Waals surface area contributed by atoms with Gasteiger partial charge < -0.3 is 5.11 Å². The summed E-state index contributed by atoms with van der Waals surface area (Å²) >= 11 is 0. The van der Waals surface area contributed by atoms with Crippen molar-refractivity contribution in [1.29, 1.82) is 0 Å². The first kappa shape index (κ1) is 22.5. The van der Waals surface area contributed by atoms with Crippen molar-refractivity contribution >= 4 is 88.7 Å². The molecule has 0 saturated carbocycles. The second kappa shape index (κ2) is 16.0. The van der Waals surface area contributed by atoms with E-state index in [0.29, 0.717) is 0 Å². The Morgan fingerprint density at radius 1 is 1.00 bits per heavy atom. The molecule has 0 aromatic carbocycles. The average Bonchev–Trinajstić information content (AvgIpc) is 0.811. The molecule has 0 atom stereocenters. The van der Waals surface area contributed by atoms with Crippen LogP contribution in [0.3, 0.4) is 0 Å². The predicted octanol–water partition coefficient (Wildman–Crippen LogP) is -1.56. The van der Waals surface area contributed by atoms with Crippen LogP contribution >= 0.6 is 0 Å². The third-order valence-electron chi connectivity index (χ3n) is 0. The molecule has 0 rings (SSSR count). The molecule has 0 fully saturated rings. The average molecular weight is 132 g/mol. The molecule has 0 amide bonds. The molecule has 0 aliphatic rings. The van der Waals surface area contributed by atoms with Gasteiger partial charge >= 0.3 is 88.7 Å². The molecular formula is C3H11Na3O. The maximum atomic E-state index is 8.06. The van der Waals surface area contributed by atoms with Crippen LogP contribution in [0, 0.1) is 0 Å². The Morgan fingerprint density at radius 3 is 1.00 bits per heavy atom. The van der Waals surface area contributed by atoms with Crippen LogP contribution in [-0.2, 0) is 0 Å². The van der Waals surface area contributed by atoms with E-state index in [9.17, 15) is 0 Å². The summed E-state index contributed by atoms with van der Waals surface area (Å²) in [7, 11) is 0. The number of aliphatic hydroxyl groups is 1. The Kier molecular flexibility index (Phi) is 51.4. The van der Waals surface area contributed by atoms with Crippen molar-refractivity contribution in [2.24, 2.45) is 0 Å². The Labute approximate surface area is 112 Å². The first-order valence-electron chi connectivity index (χ1n) is 1.41. The Hall–Kier alpha value is 2.96. The monoisotopic (exact) mass is 132 g/mol. The minimum absolute atomic E-state index is 0. The number of aliphatic hydroxyl groups excluding tert-OH is 1. The molecule has 0 bridgehead atoms. The second-order valence-electron chi connectivity index (χ2n) is 1.09. The van der Waals surface area contributed by atoms with Crippen LogP contribution in [0.4, 0.5) is 0 Å². The molecule has 1 N–H and O–H groups in total. The fourth-order valence-corrected chi connectivity index (χ4v) is 0. The Balaban J connectivity index is -0.0000000150. The van der Waals surface area contributed by atoms with Gasteiger partial charge in [-0.3, -0.25) is 0 Å². The third kappa shape index (κ3) is 49.5. The first-order valence-corrected chi connectivity index (χ1v) is 1.41. The van der Waals surface area contributed by atoms with Crippen LogP contribution in [0.15, 0.2) is 0 Å². The SMILES string of the molecule is CC(C)O.[NaH].[NaH].[NaH]. The predicted molar refractivity (Wildman–Crippen MR) is 38.8 cm³/mol. The summed E-state index contributed by atoms with van der Waals surface area (Å²) < 4.78 is 0. The van der Waals surface area contributed by atoms with E-state index < -0.39 is 0 Å². The zero-order chi connectivity index (χ0) is 3.58. The molecule has 0 spiro atoms. The second-order valence-corrected chi connectivity index (χ2v) is 1.09. The molecule has 0 heterocycles. The number of hydrogen-bond donors (Lipinski definition) is 1. The van der Waals surface area contributed by atoms with E-state index in [1.165, 1.54) is 0 Å². The van der Waals surface area contributed by atoms with Crippen LogP contribution < -0.4 is 0 Å². The molecule has 1 nitrogen and oxygen atoms in total. The van der Waals surface area contributed by atoms with Gasteiger partial charge in [-0.1, -0.05) is 0 Å². The normalized spacial score (nSPS) is 5.14. The van der Waals surface area contributed by atoms with Crippen LogP contribution in [0.5, 0.6) is 0 Å². The molecule has 0 aliphatic heterocycles. The molecule has 0 saturated heterocycles. The minimum atomic E-state index is -0.167. The molecule has 0 radical (unpaired) electrons. The molecule has 0 aliphatic carbocycles. The van der Waals surface area contributed by atoms with E-state index in [1.807, 2.05) is 0 Å². The summed E-state index contributed by atoms with van der Waals surface area (Å²) in [5, 5.41) is 8.06. The van der Waals surface area contributed by atoms with Gasteiger partial charge in [0.2, 0.25) is 0 Å². The fraction of sp³-hybridized carbons (Fsp3) is 1.00. The fourth-order valence-electron chi connectivity index (χ4n) is 0. The van der Waals surface area contributed by atoms with Crippen molar-refractivity contribution in [2.75, 3.05) is 0 Å². The Bertz CT molecular complexity index is 14.9. The van der Waals surface area contributed by atoms with E-state index in [-0.39, 0.29) is 94.8 Å². The summed E-state index contributed by atoms with van der Waals surface area (Å²) in [6.07, 6.45) is -0.167. The van der Waals surface area contributed by atoms with Crippen molar-refractivity contribution in [3.8, 4) is 0 Å². The topological polar surface area (TPSA) is 20.2 Å². The molecule has 0 aromatic rings. The maximum absolute atomic E-state index is 8.06. The summed E-state index contributed by atoms with van der Waals surface area (Å²) in [6, 6.07) is 0. The van der Waals surface area contributed by atoms with Gasteiger partial charge in [-0.2, -0.15) is 0 Å². The summed E-state index contributed by atoms with van der Waals surface area (Å²) in [6.45, 7) is 3.44. The van der Waals surface area contributed by atoms with Crippen molar-refractivity contribution in [3.63, 3.8) is 0 Å². The third-order valence-corrected chi connectivity index (χ3v) is 0. The van der Waals surface area contributed by atoms with Gasteiger partial charge in [0.15, 0.2) is 0 Å². The van der Waals surface area contributed by atoms with Gasteiger partial charge in [0.05, 0.1) is 0 Å². The van der Waals surface area contributed by atoms with Crippen LogP contribution in [0.25, 0.3) is 0 Å². The van der Waals surface area contributed by atoms with Crippen LogP contribution in [0.2, 0.25) is 0 Å². The molecule has 0 aromatic heterocycles. The summed E-state index contributed by atoms with van der Waals surface area (Å²) in [5.74, 6) is 0. The molecular weight excluding hydrogens is 121 g/mol. The van der Waals surface area contributed by atoms with E-state index >= 15 is 0 Å². The summed E-state index contributed by atoms with van der Waals surface area (Å²) in [4.78, 5) is 0. The zero-order valence-electron chi connectivity index (χ0n) is 3.02. The Morgan fingerprint density at radius 2 is 1.00 bits per heavy atom. The van der Waals surface area contributed by atoms with Gasteiger partial charge in [0, 0.05) is 6.10 Å². The number of rotatable bonds is 0. The van der Waals surface area contributed by atoms with E-state index in [2.05, 4.69) is 0 Å². The van der Waals surface area contributed by atoms with Gasteiger partial charge in [0.1, 0.15) is 0 Å². The van der Waals surface area contributed by atoms with Gasteiger partial charge in [-0.05, 0) is 13.8 Å². The molecule has 7 heavy (non-hydrogen) atoms.